The van der Waals surface area contributed by atoms with E-state index >= 15 is 0 Å². The molecular weight excluding hydrogens is 554 g/mol. The lowest BCUT2D eigenvalue weighted by atomic mass is 10.0. The van der Waals surface area contributed by atoms with Crippen LogP contribution < -0.4 is 5.32 Å². The Labute approximate surface area is 280 Å². The number of hydrogen-bond donors (Lipinski definition) is 3. The van der Waals surface area contributed by atoms with Crippen molar-refractivity contribution in [3.8, 4) is 0 Å². The lowest BCUT2D eigenvalue weighted by Crippen LogP contribution is -2.45. The lowest BCUT2D eigenvalue weighted by molar-refractivity contribution is -0.123. The van der Waals surface area contributed by atoms with E-state index in [1.54, 1.807) is 6.08 Å². The number of nitrogens with one attached hydrogen (secondary N) is 1. The summed E-state index contributed by atoms with van der Waals surface area (Å²) in [5.41, 5.74) is 0. The van der Waals surface area contributed by atoms with E-state index < -0.39 is 12.1 Å². The molecule has 0 spiro atoms. The fourth-order valence-corrected chi connectivity index (χ4v) is 5.54. The van der Waals surface area contributed by atoms with E-state index in [-0.39, 0.29) is 12.5 Å². The molecule has 0 saturated carbocycles. The maximum atomic E-state index is 12.3. The van der Waals surface area contributed by atoms with Gasteiger partial charge < -0.3 is 15.5 Å². The van der Waals surface area contributed by atoms with E-state index in [1.165, 1.54) is 122 Å². The van der Waals surface area contributed by atoms with Gasteiger partial charge in [0.15, 0.2) is 0 Å². The van der Waals surface area contributed by atoms with Crippen molar-refractivity contribution in [3.63, 3.8) is 0 Å². The van der Waals surface area contributed by atoms with Crippen molar-refractivity contribution in [2.24, 2.45) is 0 Å². The first-order chi connectivity index (χ1) is 22.2. The van der Waals surface area contributed by atoms with Crippen LogP contribution in [0.25, 0.3) is 0 Å². The summed E-state index contributed by atoms with van der Waals surface area (Å²) >= 11 is 0. The maximum absolute atomic E-state index is 12.3. The molecule has 0 aliphatic heterocycles. The normalized spacial score (nSPS) is 13.6. The summed E-state index contributed by atoms with van der Waals surface area (Å²) < 4.78 is 0. The maximum Gasteiger partial charge on any atom is 0.220 e. The first-order valence-corrected chi connectivity index (χ1v) is 19.4. The van der Waals surface area contributed by atoms with Crippen LogP contribution in [0.2, 0.25) is 0 Å². The van der Waals surface area contributed by atoms with Crippen molar-refractivity contribution in [1.29, 1.82) is 0 Å². The predicted octanol–water partition coefficient (Wildman–Crippen LogP) is 11.6. The van der Waals surface area contributed by atoms with Crippen molar-refractivity contribution < 1.29 is 15.0 Å². The third kappa shape index (κ3) is 33.5. The largest absolute Gasteiger partial charge is 0.394 e. The SMILES string of the molecule is CCCCC/C=C\C=C/CCCCCCCCC(=O)NC(CO)C(O)/C=C/CC/C=C/CCCCCCCCCCCCCC. The van der Waals surface area contributed by atoms with Gasteiger partial charge in [0.1, 0.15) is 0 Å². The molecular formula is C41H75NO3. The molecule has 0 aliphatic rings. The average molecular weight is 630 g/mol. The summed E-state index contributed by atoms with van der Waals surface area (Å²) in [6.45, 7) is 4.25. The van der Waals surface area contributed by atoms with Crippen LogP contribution in [0.1, 0.15) is 187 Å². The molecule has 0 aromatic heterocycles. The van der Waals surface area contributed by atoms with Gasteiger partial charge in [-0.1, -0.05) is 172 Å². The molecule has 0 radical (unpaired) electrons. The first kappa shape index (κ1) is 43.4. The van der Waals surface area contributed by atoms with Gasteiger partial charge in [0.2, 0.25) is 5.91 Å². The predicted molar refractivity (Wildman–Crippen MR) is 198 cm³/mol. The van der Waals surface area contributed by atoms with Crippen LogP contribution in [0.15, 0.2) is 48.6 Å². The fourth-order valence-electron chi connectivity index (χ4n) is 5.54. The number of rotatable bonds is 34. The molecule has 0 aromatic rings. The van der Waals surface area contributed by atoms with E-state index in [4.69, 9.17) is 0 Å². The molecule has 1 amide bonds. The number of hydrogen-bond acceptors (Lipinski definition) is 3. The van der Waals surface area contributed by atoms with Crippen molar-refractivity contribution in [3.05, 3.63) is 48.6 Å². The zero-order valence-corrected chi connectivity index (χ0v) is 29.9. The minimum absolute atomic E-state index is 0.0878. The molecule has 2 atom stereocenters. The molecule has 0 aromatic carbocycles. The number of carbonyl (C=O) groups excluding carboxylic acids is 1. The summed E-state index contributed by atoms with van der Waals surface area (Å²) in [6.07, 6.45) is 49.1. The Balaban J connectivity index is 3.69. The highest BCUT2D eigenvalue weighted by atomic mass is 16.3. The number of amides is 1. The zero-order chi connectivity index (χ0) is 32.9. The number of allylic oxidation sites excluding steroid dienone is 7. The Morgan fingerprint density at radius 3 is 1.47 bits per heavy atom. The molecule has 0 fully saturated rings. The van der Waals surface area contributed by atoms with Gasteiger partial charge in [-0.05, 0) is 57.8 Å². The lowest BCUT2D eigenvalue weighted by Gasteiger charge is -2.19. The standard InChI is InChI=1S/C41H75NO3/c1-3-5-7-9-11-13-15-17-19-20-21-23-24-26-28-30-32-34-36-40(44)39(38-43)42-41(45)37-35-33-31-29-27-25-22-18-16-14-12-10-8-6-4-2/h12,14,16,18,26,28,34,36,39-40,43-44H,3-11,13,15,17,19-25,27,29-33,35,37-38H2,1-2H3,(H,42,45)/b14-12-,18-16-,28-26+,36-34+. The molecule has 0 heterocycles. The summed E-state index contributed by atoms with van der Waals surface area (Å²) in [7, 11) is 0. The molecule has 0 aliphatic carbocycles. The van der Waals surface area contributed by atoms with Gasteiger partial charge in [-0.3, -0.25) is 4.79 Å². The summed E-state index contributed by atoms with van der Waals surface area (Å²) in [6, 6.07) is -0.644. The van der Waals surface area contributed by atoms with Crippen LogP contribution in [0.4, 0.5) is 0 Å². The Hall–Kier alpha value is -1.65. The van der Waals surface area contributed by atoms with Gasteiger partial charge >= 0.3 is 0 Å². The highest BCUT2D eigenvalue weighted by Crippen LogP contribution is 2.13. The Bertz CT molecular complexity index is 726. The van der Waals surface area contributed by atoms with Crippen LogP contribution in [0.5, 0.6) is 0 Å². The number of unbranched alkanes of at least 4 members (excludes halogenated alkanes) is 22. The second-order valence-electron chi connectivity index (χ2n) is 13.0. The topological polar surface area (TPSA) is 69.6 Å². The second kappa shape index (κ2) is 36.8. The quantitative estimate of drug-likeness (QED) is 0.0377. The molecule has 4 nitrogen and oxygen atoms in total. The molecule has 2 unspecified atom stereocenters. The third-order valence-corrected chi connectivity index (χ3v) is 8.56. The molecule has 262 valence electrons. The summed E-state index contributed by atoms with van der Waals surface area (Å²) in [4.78, 5) is 12.3. The highest BCUT2D eigenvalue weighted by molar-refractivity contribution is 5.76. The van der Waals surface area contributed by atoms with Gasteiger partial charge in [0.25, 0.3) is 0 Å². The number of carbonyl (C=O) groups is 1. The number of aliphatic hydroxyl groups is 2. The van der Waals surface area contributed by atoms with Crippen LogP contribution in [-0.4, -0.2) is 34.9 Å². The van der Waals surface area contributed by atoms with E-state index in [9.17, 15) is 15.0 Å². The minimum Gasteiger partial charge on any atom is -0.394 e. The van der Waals surface area contributed by atoms with Gasteiger partial charge in [0, 0.05) is 6.42 Å². The van der Waals surface area contributed by atoms with Gasteiger partial charge in [-0.2, -0.15) is 0 Å². The van der Waals surface area contributed by atoms with Crippen LogP contribution >= 0.6 is 0 Å². The minimum atomic E-state index is -0.866. The van der Waals surface area contributed by atoms with Crippen molar-refractivity contribution in [2.75, 3.05) is 6.61 Å². The number of aliphatic hydroxyl groups excluding tert-OH is 2. The van der Waals surface area contributed by atoms with Crippen molar-refractivity contribution >= 4 is 5.91 Å². The third-order valence-electron chi connectivity index (χ3n) is 8.56. The van der Waals surface area contributed by atoms with Crippen LogP contribution in [-0.2, 0) is 4.79 Å². The molecule has 0 bridgehead atoms. The van der Waals surface area contributed by atoms with Gasteiger partial charge in [-0.15, -0.1) is 0 Å². The Morgan fingerprint density at radius 2 is 0.933 bits per heavy atom. The Morgan fingerprint density at radius 1 is 0.533 bits per heavy atom. The first-order valence-electron chi connectivity index (χ1n) is 19.4. The average Bonchev–Trinajstić information content (AvgIpc) is 3.04. The molecule has 3 N–H and O–H groups in total. The van der Waals surface area contributed by atoms with E-state index in [0.29, 0.717) is 6.42 Å². The van der Waals surface area contributed by atoms with Gasteiger partial charge in [0.05, 0.1) is 18.8 Å². The monoisotopic (exact) mass is 630 g/mol. The van der Waals surface area contributed by atoms with Crippen LogP contribution in [0.3, 0.4) is 0 Å². The van der Waals surface area contributed by atoms with Crippen molar-refractivity contribution in [2.45, 2.75) is 199 Å². The molecule has 0 rings (SSSR count). The summed E-state index contributed by atoms with van der Waals surface area (Å²) in [5.74, 6) is -0.0878. The zero-order valence-electron chi connectivity index (χ0n) is 29.9. The van der Waals surface area contributed by atoms with Gasteiger partial charge in [-0.25, -0.2) is 0 Å². The fraction of sp³-hybridized carbons (Fsp3) is 0.780. The highest BCUT2D eigenvalue weighted by Gasteiger charge is 2.17. The van der Waals surface area contributed by atoms with E-state index in [2.05, 4.69) is 55.6 Å². The molecule has 0 saturated heterocycles. The van der Waals surface area contributed by atoms with E-state index in [0.717, 1.165) is 44.9 Å². The molecule has 4 heteroatoms. The molecule has 45 heavy (non-hydrogen) atoms. The Kier molecular flexibility index (Phi) is 35.5. The second-order valence-corrected chi connectivity index (χ2v) is 13.0. The van der Waals surface area contributed by atoms with E-state index in [1.807, 2.05) is 6.08 Å². The van der Waals surface area contributed by atoms with Crippen LogP contribution in [0, 0.1) is 0 Å². The smallest absolute Gasteiger partial charge is 0.220 e. The summed E-state index contributed by atoms with van der Waals surface area (Å²) in [5, 5.41) is 22.9. The van der Waals surface area contributed by atoms with Crippen molar-refractivity contribution in [1.82, 2.24) is 5.32 Å².